The molecule has 0 radical (unpaired) electrons. The summed E-state index contributed by atoms with van der Waals surface area (Å²) in [5.74, 6) is 0.925. The second-order valence-corrected chi connectivity index (χ2v) is 5.39. The zero-order valence-corrected chi connectivity index (χ0v) is 11.6. The number of para-hydroxylation sites is 1. The van der Waals surface area contributed by atoms with Gasteiger partial charge in [0.05, 0.1) is 16.7 Å². The Balaban J connectivity index is 1.79. The molecule has 3 heterocycles. The molecule has 20 heavy (non-hydrogen) atoms. The third-order valence-corrected chi connectivity index (χ3v) is 4.15. The van der Waals surface area contributed by atoms with E-state index in [9.17, 15) is 0 Å². The molecule has 0 unspecified atom stereocenters. The predicted octanol–water partition coefficient (Wildman–Crippen LogP) is 3.17. The van der Waals surface area contributed by atoms with Crippen molar-refractivity contribution in [3.8, 4) is 0 Å². The largest absolute Gasteiger partial charge is 0.357 e. The summed E-state index contributed by atoms with van der Waals surface area (Å²) < 4.78 is 0. The number of aromatic nitrogens is 3. The fraction of sp³-hybridized carbons (Fsp3) is 0.200. The summed E-state index contributed by atoms with van der Waals surface area (Å²) in [6, 6.07) is 6.04. The lowest BCUT2D eigenvalue weighted by Crippen LogP contribution is -2.30. The van der Waals surface area contributed by atoms with E-state index in [0.717, 1.165) is 35.9 Å². The van der Waals surface area contributed by atoms with E-state index in [1.807, 2.05) is 18.3 Å². The molecule has 0 atom stereocenters. The molecular weight excluding hydrogens is 272 g/mol. The van der Waals surface area contributed by atoms with Gasteiger partial charge in [-0.15, -0.1) is 0 Å². The summed E-state index contributed by atoms with van der Waals surface area (Å²) in [6.45, 7) is 1.78. The summed E-state index contributed by atoms with van der Waals surface area (Å²) in [4.78, 5) is 14.2. The predicted molar refractivity (Wildman–Crippen MR) is 80.1 cm³/mol. The number of nitrogens with zero attached hydrogens (tertiary/aromatic N) is 3. The van der Waals surface area contributed by atoms with Gasteiger partial charge in [0.15, 0.2) is 0 Å². The molecule has 2 aromatic heterocycles. The molecule has 0 fully saturated rings. The third-order valence-electron chi connectivity index (χ3n) is 3.83. The summed E-state index contributed by atoms with van der Waals surface area (Å²) in [7, 11) is 0. The molecule has 1 N–H and O–H groups in total. The van der Waals surface area contributed by atoms with Gasteiger partial charge in [0.1, 0.15) is 5.82 Å². The van der Waals surface area contributed by atoms with E-state index in [1.165, 1.54) is 16.6 Å². The van der Waals surface area contributed by atoms with Crippen molar-refractivity contribution >= 4 is 28.3 Å². The second kappa shape index (κ2) is 4.49. The van der Waals surface area contributed by atoms with Gasteiger partial charge in [-0.25, -0.2) is 4.98 Å². The lowest BCUT2D eigenvalue weighted by atomic mass is 10.0. The Morgan fingerprint density at radius 3 is 3.05 bits per heavy atom. The first-order valence-corrected chi connectivity index (χ1v) is 6.99. The Morgan fingerprint density at radius 1 is 1.25 bits per heavy atom. The van der Waals surface area contributed by atoms with E-state index >= 15 is 0 Å². The number of rotatable bonds is 1. The number of hydrogen-bond donors (Lipinski definition) is 1. The molecule has 0 saturated carbocycles. The summed E-state index contributed by atoms with van der Waals surface area (Å²) in [5, 5.41) is 1.99. The van der Waals surface area contributed by atoms with E-state index in [-0.39, 0.29) is 0 Å². The molecular formula is C15H13ClN4. The molecule has 0 bridgehead atoms. The van der Waals surface area contributed by atoms with Crippen LogP contribution in [0.3, 0.4) is 0 Å². The topological polar surface area (TPSA) is 44.8 Å². The Morgan fingerprint density at radius 2 is 2.20 bits per heavy atom. The molecule has 4 nitrogen and oxygen atoms in total. The molecule has 5 heteroatoms. The van der Waals surface area contributed by atoms with Crippen molar-refractivity contribution in [2.24, 2.45) is 0 Å². The van der Waals surface area contributed by atoms with Gasteiger partial charge in [0, 0.05) is 48.5 Å². The number of aromatic amines is 1. The minimum atomic E-state index is 0.781. The number of H-pyrrole nitrogens is 1. The molecule has 0 saturated heterocycles. The first-order valence-electron chi connectivity index (χ1n) is 6.62. The molecule has 4 rings (SSSR count). The van der Waals surface area contributed by atoms with Gasteiger partial charge in [-0.2, -0.15) is 0 Å². The Kier molecular flexibility index (Phi) is 2.63. The van der Waals surface area contributed by atoms with Gasteiger partial charge >= 0.3 is 0 Å². The number of fused-ring (bicyclic) bond motifs is 3. The van der Waals surface area contributed by atoms with Crippen molar-refractivity contribution in [2.75, 3.05) is 11.4 Å². The SMILES string of the molecule is Clc1cccc2c3c([nH]c12)CCN(c1cnccn1)C3. The van der Waals surface area contributed by atoms with Crippen LogP contribution in [-0.4, -0.2) is 21.5 Å². The average molecular weight is 285 g/mol. The molecule has 1 aliphatic heterocycles. The zero-order valence-electron chi connectivity index (χ0n) is 10.8. The van der Waals surface area contributed by atoms with Crippen molar-refractivity contribution in [3.05, 3.63) is 53.1 Å². The van der Waals surface area contributed by atoms with Gasteiger partial charge in [0.25, 0.3) is 0 Å². The van der Waals surface area contributed by atoms with Gasteiger partial charge in [0.2, 0.25) is 0 Å². The maximum Gasteiger partial charge on any atom is 0.147 e. The van der Waals surface area contributed by atoms with Crippen LogP contribution in [0.5, 0.6) is 0 Å². The van der Waals surface area contributed by atoms with Gasteiger partial charge in [-0.3, -0.25) is 4.98 Å². The van der Waals surface area contributed by atoms with Gasteiger partial charge in [-0.1, -0.05) is 23.7 Å². The van der Waals surface area contributed by atoms with Crippen molar-refractivity contribution in [1.29, 1.82) is 0 Å². The van der Waals surface area contributed by atoms with Gasteiger partial charge in [-0.05, 0) is 6.07 Å². The highest BCUT2D eigenvalue weighted by Gasteiger charge is 2.22. The smallest absolute Gasteiger partial charge is 0.147 e. The highest BCUT2D eigenvalue weighted by atomic mass is 35.5. The van der Waals surface area contributed by atoms with Crippen LogP contribution in [0.4, 0.5) is 5.82 Å². The number of benzene rings is 1. The first kappa shape index (κ1) is 11.7. The Bertz CT molecular complexity index is 766. The van der Waals surface area contributed by atoms with E-state index in [0.29, 0.717) is 0 Å². The number of anilines is 1. The Labute approximate surface area is 121 Å². The number of halogens is 1. The van der Waals surface area contributed by atoms with Crippen LogP contribution in [-0.2, 0) is 13.0 Å². The van der Waals surface area contributed by atoms with Crippen molar-refractivity contribution in [2.45, 2.75) is 13.0 Å². The number of nitrogens with one attached hydrogen (secondary N) is 1. The van der Waals surface area contributed by atoms with Crippen molar-refractivity contribution < 1.29 is 0 Å². The summed E-state index contributed by atoms with van der Waals surface area (Å²) in [5.41, 5.74) is 3.65. The summed E-state index contributed by atoms with van der Waals surface area (Å²) in [6.07, 6.45) is 6.21. The van der Waals surface area contributed by atoms with Crippen LogP contribution in [0.2, 0.25) is 5.02 Å². The van der Waals surface area contributed by atoms with E-state index in [1.54, 1.807) is 12.4 Å². The standard InChI is InChI=1S/C15H13ClN4/c16-12-3-1-2-10-11-9-20(14-8-17-5-6-18-14)7-4-13(11)19-15(10)12/h1-3,5-6,8,19H,4,7,9H2. The van der Waals surface area contributed by atoms with Crippen LogP contribution in [0, 0.1) is 0 Å². The average Bonchev–Trinajstić information content (AvgIpc) is 2.88. The zero-order chi connectivity index (χ0) is 13.5. The minimum Gasteiger partial charge on any atom is -0.357 e. The highest BCUT2D eigenvalue weighted by molar-refractivity contribution is 6.35. The van der Waals surface area contributed by atoms with E-state index < -0.39 is 0 Å². The van der Waals surface area contributed by atoms with Crippen molar-refractivity contribution in [3.63, 3.8) is 0 Å². The Hall–Kier alpha value is -2.07. The lowest BCUT2D eigenvalue weighted by molar-refractivity contribution is 0.714. The molecule has 0 amide bonds. The molecule has 100 valence electrons. The van der Waals surface area contributed by atoms with E-state index in [4.69, 9.17) is 11.6 Å². The normalized spacial score (nSPS) is 14.6. The quantitative estimate of drug-likeness (QED) is 0.746. The maximum atomic E-state index is 6.26. The first-order chi connectivity index (χ1) is 9.83. The highest BCUT2D eigenvalue weighted by Crippen LogP contribution is 2.32. The fourth-order valence-electron chi connectivity index (χ4n) is 2.85. The minimum absolute atomic E-state index is 0.781. The summed E-state index contributed by atoms with van der Waals surface area (Å²) >= 11 is 6.26. The molecule has 0 spiro atoms. The maximum absolute atomic E-state index is 6.26. The van der Waals surface area contributed by atoms with Crippen LogP contribution in [0.1, 0.15) is 11.3 Å². The molecule has 3 aromatic rings. The van der Waals surface area contributed by atoms with Crippen LogP contribution >= 0.6 is 11.6 Å². The molecule has 1 aromatic carbocycles. The van der Waals surface area contributed by atoms with Crippen LogP contribution in [0.15, 0.2) is 36.8 Å². The lowest BCUT2D eigenvalue weighted by Gasteiger charge is -2.27. The van der Waals surface area contributed by atoms with Gasteiger partial charge < -0.3 is 9.88 Å². The molecule has 0 aliphatic carbocycles. The molecule has 1 aliphatic rings. The second-order valence-electron chi connectivity index (χ2n) is 4.98. The van der Waals surface area contributed by atoms with Crippen LogP contribution in [0.25, 0.3) is 10.9 Å². The number of hydrogen-bond acceptors (Lipinski definition) is 3. The van der Waals surface area contributed by atoms with Crippen molar-refractivity contribution in [1.82, 2.24) is 15.0 Å². The third kappa shape index (κ3) is 1.76. The fourth-order valence-corrected chi connectivity index (χ4v) is 3.07. The monoisotopic (exact) mass is 284 g/mol. The van der Waals surface area contributed by atoms with E-state index in [2.05, 4.69) is 25.9 Å². The van der Waals surface area contributed by atoms with Crippen LogP contribution < -0.4 is 4.90 Å².